The zero-order chi connectivity index (χ0) is 17.2. The molecule has 0 spiro atoms. The van der Waals surface area contributed by atoms with Gasteiger partial charge in [-0.1, -0.05) is 44.2 Å². The van der Waals surface area contributed by atoms with E-state index in [0.717, 1.165) is 50.4 Å². The Hall–Kier alpha value is -1.94. The van der Waals surface area contributed by atoms with Crippen LogP contribution < -0.4 is 4.90 Å². The van der Waals surface area contributed by atoms with E-state index in [1.807, 2.05) is 6.07 Å². The van der Waals surface area contributed by atoms with Crippen molar-refractivity contribution in [1.29, 1.82) is 0 Å². The number of rotatable bonds is 5. The van der Waals surface area contributed by atoms with Crippen molar-refractivity contribution in [2.75, 3.05) is 31.1 Å². The largest absolute Gasteiger partial charge is 0.355 e. The highest BCUT2D eigenvalue weighted by atomic mass is 15.3. The molecule has 0 amide bonds. The Labute approximate surface area is 150 Å². The fourth-order valence-corrected chi connectivity index (χ4v) is 4.36. The number of benzene rings is 1. The van der Waals surface area contributed by atoms with Gasteiger partial charge in [-0.3, -0.25) is 4.90 Å². The Bertz CT molecular complexity index is 724. The number of nitrogens with zero attached hydrogens (tertiary/aromatic N) is 4. The van der Waals surface area contributed by atoms with E-state index in [9.17, 15) is 0 Å². The number of aromatic nitrogens is 2. The molecule has 25 heavy (non-hydrogen) atoms. The van der Waals surface area contributed by atoms with Crippen molar-refractivity contribution in [1.82, 2.24) is 14.9 Å². The molecule has 2 aliphatic rings. The van der Waals surface area contributed by atoms with Crippen LogP contribution in [0.25, 0.3) is 11.4 Å². The monoisotopic (exact) mass is 336 g/mol. The van der Waals surface area contributed by atoms with Gasteiger partial charge < -0.3 is 4.90 Å². The minimum Gasteiger partial charge on any atom is -0.355 e. The number of anilines is 1. The molecular formula is C21H28N4. The number of likely N-dealkylation sites (N-methyl/N-ethyl adjacent to an activating group) is 1. The summed E-state index contributed by atoms with van der Waals surface area (Å²) in [6, 6.07) is 11.1. The van der Waals surface area contributed by atoms with E-state index < -0.39 is 0 Å². The summed E-state index contributed by atoms with van der Waals surface area (Å²) in [6.45, 7) is 9.00. The fourth-order valence-electron chi connectivity index (χ4n) is 4.36. The minimum atomic E-state index is 0.655. The molecule has 4 rings (SSSR count). The van der Waals surface area contributed by atoms with Gasteiger partial charge >= 0.3 is 0 Å². The van der Waals surface area contributed by atoms with Crippen molar-refractivity contribution in [2.24, 2.45) is 0 Å². The molecule has 1 saturated heterocycles. The van der Waals surface area contributed by atoms with Crippen LogP contribution in [-0.2, 0) is 12.8 Å². The van der Waals surface area contributed by atoms with E-state index in [2.05, 4.69) is 47.9 Å². The van der Waals surface area contributed by atoms with Crippen LogP contribution in [0.15, 0.2) is 30.3 Å². The molecule has 0 N–H and O–H groups in total. The van der Waals surface area contributed by atoms with Crippen molar-refractivity contribution in [3.8, 4) is 11.4 Å². The second-order valence-electron chi connectivity index (χ2n) is 7.13. The van der Waals surface area contributed by atoms with Gasteiger partial charge in [0.05, 0.1) is 0 Å². The van der Waals surface area contributed by atoms with Crippen molar-refractivity contribution in [3.05, 3.63) is 41.6 Å². The number of hydrogen-bond acceptors (Lipinski definition) is 4. The molecule has 132 valence electrons. The van der Waals surface area contributed by atoms with Crippen molar-refractivity contribution >= 4 is 5.82 Å². The Balaban J connectivity index is 1.67. The van der Waals surface area contributed by atoms with Crippen LogP contribution in [0.5, 0.6) is 0 Å². The van der Waals surface area contributed by atoms with E-state index in [1.165, 1.54) is 29.9 Å². The summed E-state index contributed by atoms with van der Waals surface area (Å²) >= 11 is 0. The van der Waals surface area contributed by atoms with E-state index in [0.29, 0.717) is 6.04 Å². The summed E-state index contributed by atoms with van der Waals surface area (Å²) in [5.41, 5.74) is 3.80. The summed E-state index contributed by atoms with van der Waals surface area (Å²) in [7, 11) is 0. The molecule has 4 heteroatoms. The van der Waals surface area contributed by atoms with Gasteiger partial charge in [0.25, 0.3) is 0 Å². The predicted octanol–water partition coefficient (Wildman–Crippen LogP) is 3.55. The number of fused-ring (bicyclic) bond motifs is 1. The summed E-state index contributed by atoms with van der Waals surface area (Å²) in [5.74, 6) is 2.10. The molecule has 1 aliphatic heterocycles. The zero-order valence-corrected chi connectivity index (χ0v) is 15.4. The molecule has 4 nitrogen and oxygen atoms in total. The standard InChI is InChI=1S/C21H28N4/c1-3-24(4-2)17-13-14-25(15-17)21-18-11-8-12-19(18)22-20(23-21)16-9-6-5-7-10-16/h5-7,9-10,17H,3-4,8,11-15H2,1-2H3. The highest BCUT2D eigenvalue weighted by molar-refractivity contribution is 5.61. The number of aryl methyl sites for hydroxylation is 1. The average molecular weight is 336 g/mol. The highest BCUT2D eigenvalue weighted by Crippen LogP contribution is 2.33. The molecule has 1 aromatic carbocycles. The predicted molar refractivity (Wildman–Crippen MR) is 103 cm³/mol. The summed E-state index contributed by atoms with van der Waals surface area (Å²) < 4.78 is 0. The fraction of sp³-hybridized carbons (Fsp3) is 0.524. The van der Waals surface area contributed by atoms with Crippen molar-refractivity contribution < 1.29 is 0 Å². The van der Waals surface area contributed by atoms with E-state index >= 15 is 0 Å². The third kappa shape index (κ3) is 3.15. The average Bonchev–Trinajstić information content (AvgIpc) is 3.32. The molecule has 0 saturated carbocycles. The normalized spacial score (nSPS) is 19.6. The van der Waals surface area contributed by atoms with Crippen molar-refractivity contribution in [2.45, 2.75) is 45.6 Å². The molecule has 2 aromatic rings. The summed E-state index contributed by atoms with van der Waals surface area (Å²) in [6.07, 6.45) is 4.67. The van der Waals surface area contributed by atoms with E-state index in [1.54, 1.807) is 0 Å². The van der Waals surface area contributed by atoms with Crippen molar-refractivity contribution in [3.63, 3.8) is 0 Å². The zero-order valence-electron chi connectivity index (χ0n) is 15.4. The maximum atomic E-state index is 5.04. The summed E-state index contributed by atoms with van der Waals surface area (Å²) in [5, 5.41) is 0. The Morgan fingerprint density at radius 3 is 2.64 bits per heavy atom. The first-order valence-corrected chi connectivity index (χ1v) is 9.74. The second kappa shape index (κ2) is 7.12. The van der Waals surface area contributed by atoms with Gasteiger partial charge in [0.15, 0.2) is 5.82 Å². The molecule has 1 aromatic heterocycles. The van der Waals surface area contributed by atoms with Crippen LogP contribution in [0, 0.1) is 0 Å². The van der Waals surface area contributed by atoms with Gasteiger partial charge in [0.1, 0.15) is 5.82 Å². The van der Waals surface area contributed by atoms with Gasteiger partial charge in [-0.15, -0.1) is 0 Å². The minimum absolute atomic E-state index is 0.655. The lowest BCUT2D eigenvalue weighted by atomic mass is 10.1. The van der Waals surface area contributed by atoms with Crippen LogP contribution >= 0.6 is 0 Å². The van der Waals surface area contributed by atoms with Crippen LogP contribution in [0.4, 0.5) is 5.82 Å². The van der Waals surface area contributed by atoms with Gasteiger partial charge in [0, 0.05) is 36.0 Å². The maximum Gasteiger partial charge on any atom is 0.161 e. The number of hydrogen-bond donors (Lipinski definition) is 0. The Morgan fingerprint density at radius 1 is 1.08 bits per heavy atom. The van der Waals surface area contributed by atoms with Gasteiger partial charge in [0.2, 0.25) is 0 Å². The third-order valence-electron chi connectivity index (χ3n) is 5.73. The molecule has 0 bridgehead atoms. The SMILES string of the molecule is CCN(CC)C1CCN(c2nc(-c3ccccc3)nc3c2CCC3)C1. The molecule has 1 unspecified atom stereocenters. The van der Waals surface area contributed by atoms with Gasteiger partial charge in [-0.05, 0) is 38.8 Å². The lowest BCUT2D eigenvalue weighted by Gasteiger charge is -2.27. The molecule has 0 radical (unpaired) electrons. The molecular weight excluding hydrogens is 308 g/mol. The highest BCUT2D eigenvalue weighted by Gasteiger charge is 2.30. The molecule has 1 atom stereocenters. The molecule has 2 heterocycles. The first-order valence-electron chi connectivity index (χ1n) is 9.74. The molecule has 1 fully saturated rings. The maximum absolute atomic E-state index is 5.04. The molecule has 1 aliphatic carbocycles. The van der Waals surface area contributed by atoms with Crippen LogP contribution in [0.2, 0.25) is 0 Å². The quantitative estimate of drug-likeness (QED) is 0.836. The Kier molecular flexibility index (Phi) is 4.71. The van der Waals surface area contributed by atoms with Gasteiger partial charge in [-0.25, -0.2) is 9.97 Å². The van der Waals surface area contributed by atoms with Crippen LogP contribution in [-0.4, -0.2) is 47.1 Å². The van der Waals surface area contributed by atoms with Crippen LogP contribution in [0.3, 0.4) is 0 Å². The lowest BCUT2D eigenvalue weighted by Crippen LogP contribution is -2.37. The van der Waals surface area contributed by atoms with Gasteiger partial charge in [-0.2, -0.15) is 0 Å². The summed E-state index contributed by atoms with van der Waals surface area (Å²) in [4.78, 5) is 15.0. The Morgan fingerprint density at radius 2 is 1.88 bits per heavy atom. The van der Waals surface area contributed by atoms with E-state index in [-0.39, 0.29) is 0 Å². The third-order valence-corrected chi connectivity index (χ3v) is 5.73. The first kappa shape index (κ1) is 16.5. The van der Waals surface area contributed by atoms with Crippen LogP contribution in [0.1, 0.15) is 37.9 Å². The smallest absolute Gasteiger partial charge is 0.161 e. The first-order chi connectivity index (χ1) is 12.3. The second-order valence-corrected chi connectivity index (χ2v) is 7.13. The lowest BCUT2D eigenvalue weighted by molar-refractivity contribution is 0.232. The van der Waals surface area contributed by atoms with E-state index in [4.69, 9.17) is 9.97 Å². The topological polar surface area (TPSA) is 32.3 Å².